The molecule has 1 rings (SSSR count). The maximum Gasteiger partial charge on any atom is 0.373 e. The molecule has 0 spiro atoms. The maximum absolute atomic E-state index is 11.1. The molecule has 1 aromatic rings. The van der Waals surface area contributed by atoms with Gasteiger partial charge in [-0.25, -0.2) is 4.79 Å². The monoisotopic (exact) mass is 241 g/mol. The predicted molar refractivity (Wildman–Crippen MR) is 62.8 cm³/mol. The van der Waals surface area contributed by atoms with E-state index in [-0.39, 0.29) is 11.9 Å². The second-order valence-corrected chi connectivity index (χ2v) is 3.85. The van der Waals surface area contributed by atoms with Crippen molar-refractivity contribution in [1.29, 1.82) is 0 Å². The van der Waals surface area contributed by atoms with Gasteiger partial charge in [0.05, 0.1) is 26.4 Å². The van der Waals surface area contributed by atoms with Gasteiger partial charge in [-0.05, 0) is 26.0 Å². The molecule has 1 N–H and O–H groups in total. The van der Waals surface area contributed by atoms with Gasteiger partial charge in [-0.15, -0.1) is 0 Å². The van der Waals surface area contributed by atoms with Crippen LogP contribution in [0.4, 0.5) is 0 Å². The molecule has 96 valence electrons. The van der Waals surface area contributed by atoms with Crippen LogP contribution in [0, 0.1) is 0 Å². The minimum Gasteiger partial charge on any atom is -0.463 e. The van der Waals surface area contributed by atoms with Crippen molar-refractivity contribution in [2.75, 3.05) is 20.3 Å². The highest BCUT2D eigenvalue weighted by Gasteiger charge is 2.10. The number of carbonyl (C=O) groups is 1. The summed E-state index contributed by atoms with van der Waals surface area (Å²) in [5, 5.41) is 3.16. The van der Waals surface area contributed by atoms with Gasteiger partial charge < -0.3 is 19.2 Å². The topological polar surface area (TPSA) is 60.7 Å². The summed E-state index contributed by atoms with van der Waals surface area (Å²) in [7, 11) is 1.33. The van der Waals surface area contributed by atoms with E-state index in [0.29, 0.717) is 18.9 Å². The number of methoxy groups -OCH3 is 1. The van der Waals surface area contributed by atoms with Gasteiger partial charge in [-0.1, -0.05) is 0 Å². The molecule has 0 aromatic carbocycles. The third-order valence-electron chi connectivity index (χ3n) is 2.08. The summed E-state index contributed by atoms with van der Waals surface area (Å²) in [4.78, 5) is 11.1. The lowest BCUT2D eigenvalue weighted by atomic mass is 10.4. The molecule has 0 atom stereocenters. The van der Waals surface area contributed by atoms with Crippen molar-refractivity contribution < 1.29 is 18.7 Å². The highest BCUT2D eigenvalue weighted by molar-refractivity contribution is 5.86. The predicted octanol–water partition coefficient (Wildman–Crippen LogP) is 1.58. The molecule has 1 heterocycles. The summed E-state index contributed by atoms with van der Waals surface area (Å²) < 4.78 is 15.2. The largest absolute Gasteiger partial charge is 0.463 e. The van der Waals surface area contributed by atoms with E-state index in [9.17, 15) is 4.79 Å². The van der Waals surface area contributed by atoms with E-state index in [1.807, 2.05) is 13.8 Å². The average molecular weight is 241 g/mol. The minimum atomic E-state index is -0.459. The molecule has 1 aromatic heterocycles. The van der Waals surface area contributed by atoms with Gasteiger partial charge in [0.15, 0.2) is 0 Å². The number of esters is 1. The normalized spacial score (nSPS) is 10.8. The smallest absolute Gasteiger partial charge is 0.373 e. The fourth-order valence-electron chi connectivity index (χ4n) is 1.26. The first-order chi connectivity index (χ1) is 8.13. The van der Waals surface area contributed by atoms with Crippen LogP contribution in [0.15, 0.2) is 16.5 Å². The number of hydrogen-bond acceptors (Lipinski definition) is 5. The lowest BCUT2D eigenvalue weighted by Crippen LogP contribution is -2.20. The lowest BCUT2D eigenvalue weighted by Gasteiger charge is -2.07. The Morgan fingerprint density at radius 3 is 2.88 bits per heavy atom. The average Bonchev–Trinajstić information content (AvgIpc) is 2.76. The molecule has 5 nitrogen and oxygen atoms in total. The number of nitrogens with one attached hydrogen (secondary N) is 1. The molecule has 17 heavy (non-hydrogen) atoms. The fraction of sp³-hybridized carbons (Fsp3) is 0.583. The second kappa shape index (κ2) is 7.09. The van der Waals surface area contributed by atoms with Gasteiger partial charge in [0, 0.05) is 6.54 Å². The minimum absolute atomic E-state index is 0.225. The van der Waals surface area contributed by atoms with Crippen LogP contribution in [-0.4, -0.2) is 32.3 Å². The Morgan fingerprint density at radius 1 is 1.47 bits per heavy atom. The highest BCUT2D eigenvalue weighted by Crippen LogP contribution is 2.08. The van der Waals surface area contributed by atoms with E-state index < -0.39 is 5.97 Å². The number of rotatable bonds is 7. The third-order valence-corrected chi connectivity index (χ3v) is 2.08. The van der Waals surface area contributed by atoms with Crippen LogP contribution in [-0.2, 0) is 16.0 Å². The number of ether oxygens (including phenoxy) is 2. The Balaban J connectivity index is 2.23. The van der Waals surface area contributed by atoms with Crippen LogP contribution in [0.3, 0.4) is 0 Å². The zero-order chi connectivity index (χ0) is 12.7. The molecular formula is C12H19NO4. The summed E-state index contributed by atoms with van der Waals surface area (Å²) in [6.45, 7) is 5.96. The van der Waals surface area contributed by atoms with Crippen LogP contribution >= 0.6 is 0 Å². The first kappa shape index (κ1) is 13.7. The van der Waals surface area contributed by atoms with E-state index in [2.05, 4.69) is 10.1 Å². The van der Waals surface area contributed by atoms with Crippen LogP contribution < -0.4 is 5.32 Å². The summed E-state index contributed by atoms with van der Waals surface area (Å²) in [5.74, 6) is 0.470. The molecule has 5 heteroatoms. The number of furan rings is 1. The van der Waals surface area contributed by atoms with Crippen LogP contribution in [0.2, 0.25) is 0 Å². The summed E-state index contributed by atoms with van der Waals surface area (Å²) in [6.07, 6.45) is 0.242. The zero-order valence-electron chi connectivity index (χ0n) is 10.5. The van der Waals surface area contributed by atoms with Crippen LogP contribution in [0.5, 0.6) is 0 Å². The second-order valence-electron chi connectivity index (χ2n) is 3.85. The molecule has 0 saturated carbocycles. The van der Waals surface area contributed by atoms with Gasteiger partial charge >= 0.3 is 5.97 Å². The molecule has 0 aliphatic carbocycles. The van der Waals surface area contributed by atoms with E-state index >= 15 is 0 Å². The molecule has 0 amide bonds. The van der Waals surface area contributed by atoms with Crippen molar-refractivity contribution in [3.8, 4) is 0 Å². The van der Waals surface area contributed by atoms with Gasteiger partial charge in [0.2, 0.25) is 5.76 Å². The van der Waals surface area contributed by atoms with Crippen LogP contribution in [0.25, 0.3) is 0 Å². The lowest BCUT2D eigenvalue weighted by molar-refractivity contribution is 0.0562. The first-order valence-corrected chi connectivity index (χ1v) is 5.63. The van der Waals surface area contributed by atoms with Gasteiger partial charge in [-0.3, -0.25) is 0 Å². The van der Waals surface area contributed by atoms with Crippen molar-refractivity contribution in [2.24, 2.45) is 0 Å². The van der Waals surface area contributed by atoms with Crippen molar-refractivity contribution in [3.05, 3.63) is 23.7 Å². The summed E-state index contributed by atoms with van der Waals surface area (Å²) in [5.41, 5.74) is 0. The van der Waals surface area contributed by atoms with E-state index in [1.165, 1.54) is 7.11 Å². The Labute approximate surface area is 101 Å². The zero-order valence-corrected chi connectivity index (χ0v) is 10.5. The Kier molecular flexibility index (Phi) is 5.72. The van der Waals surface area contributed by atoms with Gasteiger partial charge in [0.25, 0.3) is 0 Å². The third kappa shape index (κ3) is 5.01. The standard InChI is InChI=1S/C12H19NO4/c1-9(2)16-7-6-13-8-10-4-5-11(17-10)12(14)15-3/h4-5,9,13H,6-8H2,1-3H3. The van der Waals surface area contributed by atoms with Crippen molar-refractivity contribution in [1.82, 2.24) is 5.32 Å². The quantitative estimate of drug-likeness (QED) is 0.580. The number of carbonyl (C=O) groups excluding carboxylic acids is 1. The van der Waals surface area contributed by atoms with Gasteiger partial charge in [0.1, 0.15) is 5.76 Å². The Morgan fingerprint density at radius 2 is 2.24 bits per heavy atom. The Bertz CT molecular complexity index is 346. The molecule has 0 aliphatic heterocycles. The van der Waals surface area contributed by atoms with E-state index in [4.69, 9.17) is 9.15 Å². The fourth-order valence-corrected chi connectivity index (χ4v) is 1.26. The number of hydrogen-bond donors (Lipinski definition) is 1. The van der Waals surface area contributed by atoms with E-state index in [1.54, 1.807) is 12.1 Å². The molecule has 0 radical (unpaired) electrons. The van der Waals surface area contributed by atoms with Gasteiger partial charge in [-0.2, -0.15) is 0 Å². The first-order valence-electron chi connectivity index (χ1n) is 5.63. The van der Waals surface area contributed by atoms with Crippen molar-refractivity contribution in [3.63, 3.8) is 0 Å². The molecular weight excluding hydrogens is 222 g/mol. The molecule has 0 unspecified atom stereocenters. The van der Waals surface area contributed by atoms with Crippen molar-refractivity contribution >= 4 is 5.97 Å². The summed E-state index contributed by atoms with van der Waals surface area (Å²) >= 11 is 0. The molecule has 0 aliphatic rings. The Hall–Kier alpha value is -1.33. The van der Waals surface area contributed by atoms with Crippen LogP contribution in [0.1, 0.15) is 30.2 Å². The molecule has 0 saturated heterocycles. The maximum atomic E-state index is 11.1. The molecule has 0 bridgehead atoms. The summed E-state index contributed by atoms with van der Waals surface area (Å²) in [6, 6.07) is 3.36. The van der Waals surface area contributed by atoms with Crippen molar-refractivity contribution in [2.45, 2.75) is 26.5 Å². The SMILES string of the molecule is COC(=O)c1ccc(CNCCOC(C)C)o1. The highest BCUT2D eigenvalue weighted by atomic mass is 16.5. The van der Waals surface area contributed by atoms with E-state index in [0.717, 1.165) is 6.54 Å². The molecule has 0 fully saturated rings.